The van der Waals surface area contributed by atoms with Gasteiger partial charge in [0.2, 0.25) is 5.91 Å². The predicted molar refractivity (Wildman–Crippen MR) is 80.3 cm³/mol. The molecule has 0 aliphatic carbocycles. The maximum absolute atomic E-state index is 11.7. The van der Waals surface area contributed by atoms with Gasteiger partial charge in [-0.1, -0.05) is 30.3 Å². The van der Waals surface area contributed by atoms with Gasteiger partial charge in [-0.25, -0.2) is 8.42 Å². The third kappa shape index (κ3) is 7.22. The van der Waals surface area contributed by atoms with E-state index < -0.39 is 15.1 Å². The van der Waals surface area contributed by atoms with Crippen LogP contribution in [-0.4, -0.2) is 38.1 Å². The van der Waals surface area contributed by atoms with Crippen LogP contribution < -0.4 is 5.32 Å². The average Bonchev–Trinajstić information content (AvgIpc) is 2.34. The van der Waals surface area contributed by atoms with Gasteiger partial charge in [0, 0.05) is 12.8 Å². The van der Waals surface area contributed by atoms with E-state index in [1.807, 2.05) is 30.3 Å². The molecule has 0 saturated heterocycles. The van der Waals surface area contributed by atoms with E-state index >= 15 is 0 Å². The highest BCUT2D eigenvalue weighted by Crippen LogP contribution is 2.07. The molecule has 0 spiro atoms. The average molecular weight is 301 g/mol. The summed E-state index contributed by atoms with van der Waals surface area (Å²) in [6.07, 6.45) is 2.17. The maximum atomic E-state index is 11.7. The zero-order valence-corrected chi connectivity index (χ0v) is 12.6. The SMILES string of the molecule is CS(=O)(=O)CCCNC(=O)C(S)Cc1ccccc1. The molecule has 1 unspecified atom stereocenters. The van der Waals surface area contributed by atoms with Gasteiger partial charge >= 0.3 is 0 Å². The lowest BCUT2D eigenvalue weighted by atomic mass is 10.1. The number of hydrogen-bond donors (Lipinski definition) is 2. The van der Waals surface area contributed by atoms with Crippen molar-refractivity contribution >= 4 is 28.4 Å². The molecule has 0 radical (unpaired) electrons. The highest BCUT2D eigenvalue weighted by molar-refractivity contribution is 7.90. The number of nitrogens with one attached hydrogen (secondary N) is 1. The highest BCUT2D eigenvalue weighted by Gasteiger charge is 2.14. The van der Waals surface area contributed by atoms with Gasteiger partial charge in [0.1, 0.15) is 9.84 Å². The summed E-state index contributed by atoms with van der Waals surface area (Å²) in [5.74, 6) is -0.0795. The molecule has 1 rings (SSSR count). The molecule has 0 heterocycles. The van der Waals surface area contributed by atoms with Crippen LogP contribution in [0.5, 0.6) is 0 Å². The first-order valence-corrected chi connectivity index (χ1v) is 8.63. The molecule has 6 heteroatoms. The van der Waals surface area contributed by atoms with Gasteiger partial charge in [-0.3, -0.25) is 4.79 Å². The van der Waals surface area contributed by atoms with Crippen LogP contribution in [0.25, 0.3) is 0 Å². The van der Waals surface area contributed by atoms with Crippen LogP contribution in [0.15, 0.2) is 30.3 Å². The lowest BCUT2D eigenvalue weighted by Crippen LogP contribution is -2.34. The van der Waals surface area contributed by atoms with E-state index in [0.29, 0.717) is 19.4 Å². The second-order valence-electron chi connectivity index (χ2n) is 4.48. The number of benzene rings is 1. The fraction of sp³-hybridized carbons (Fsp3) is 0.462. The number of carbonyl (C=O) groups is 1. The van der Waals surface area contributed by atoms with E-state index in [1.54, 1.807) is 0 Å². The zero-order valence-electron chi connectivity index (χ0n) is 10.9. The molecule has 0 aliphatic rings. The van der Waals surface area contributed by atoms with Crippen LogP contribution in [0.1, 0.15) is 12.0 Å². The van der Waals surface area contributed by atoms with E-state index in [-0.39, 0.29) is 11.7 Å². The second kappa shape index (κ2) is 7.55. The first-order valence-electron chi connectivity index (χ1n) is 6.06. The van der Waals surface area contributed by atoms with Crippen LogP contribution in [0, 0.1) is 0 Å². The first kappa shape index (κ1) is 16.0. The topological polar surface area (TPSA) is 63.2 Å². The van der Waals surface area contributed by atoms with Crippen molar-refractivity contribution in [2.45, 2.75) is 18.1 Å². The Morgan fingerprint density at radius 1 is 1.32 bits per heavy atom. The van der Waals surface area contributed by atoms with Crippen LogP contribution >= 0.6 is 12.6 Å². The normalized spacial score (nSPS) is 12.9. The number of hydrogen-bond acceptors (Lipinski definition) is 4. The summed E-state index contributed by atoms with van der Waals surface area (Å²) in [5, 5.41) is 2.28. The van der Waals surface area contributed by atoms with Gasteiger partial charge in [0.15, 0.2) is 0 Å². The number of amides is 1. The molecule has 1 atom stereocenters. The molecule has 1 N–H and O–H groups in total. The Balaban J connectivity index is 2.29. The zero-order chi connectivity index (χ0) is 14.3. The van der Waals surface area contributed by atoms with Gasteiger partial charge in [-0.15, -0.1) is 0 Å². The minimum atomic E-state index is -2.96. The third-order valence-electron chi connectivity index (χ3n) is 2.57. The Bertz CT molecular complexity index is 500. The quantitative estimate of drug-likeness (QED) is 0.585. The van der Waals surface area contributed by atoms with Crippen molar-refractivity contribution in [1.29, 1.82) is 0 Å². The molecule has 19 heavy (non-hydrogen) atoms. The summed E-state index contributed by atoms with van der Waals surface area (Å²) in [7, 11) is -2.96. The Morgan fingerprint density at radius 3 is 2.53 bits per heavy atom. The van der Waals surface area contributed by atoms with Crippen molar-refractivity contribution in [2.24, 2.45) is 0 Å². The second-order valence-corrected chi connectivity index (χ2v) is 7.36. The van der Waals surface area contributed by atoms with Crippen LogP contribution in [-0.2, 0) is 21.1 Å². The summed E-state index contributed by atoms with van der Waals surface area (Å²) in [5.41, 5.74) is 1.05. The van der Waals surface area contributed by atoms with Gasteiger partial charge in [-0.05, 0) is 18.4 Å². The van der Waals surface area contributed by atoms with Crippen molar-refractivity contribution in [3.8, 4) is 0 Å². The lowest BCUT2D eigenvalue weighted by molar-refractivity contribution is -0.120. The monoisotopic (exact) mass is 301 g/mol. The lowest BCUT2D eigenvalue weighted by Gasteiger charge is -2.11. The molecule has 106 valence electrons. The number of carbonyl (C=O) groups excluding carboxylic acids is 1. The molecular formula is C13H19NO3S2. The number of rotatable bonds is 7. The van der Waals surface area contributed by atoms with Crippen LogP contribution in [0.2, 0.25) is 0 Å². The van der Waals surface area contributed by atoms with Gasteiger partial charge < -0.3 is 5.32 Å². The van der Waals surface area contributed by atoms with Crippen molar-refractivity contribution in [2.75, 3.05) is 18.6 Å². The van der Waals surface area contributed by atoms with E-state index in [1.165, 1.54) is 6.26 Å². The molecule has 1 aromatic carbocycles. The number of thiol groups is 1. The molecule has 0 bridgehead atoms. The maximum Gasteiger partial charge on any atom is 0.233 e. The number of sulfone groups is 1. The third-order valence-corrected chi connectivity index (χ3v) is 4.01. The molecule has 1 aromatic rings. The van der Waals surface area contributed by atoms with Crippen molar-refractivity contribution in [1.82, 2.24) is 5.32 Å². The summed E-state index contributed by atoms with van der Waals surface area (Å²) in [4.78, 5) is 11.7. The molecule has 1 amide bonds. The van der Waals surface area contributed by atoms with Crippen LogP contribution in [0.4, 0.5) is 0 Å². The summed E-state index contributed by atoms with van der Waals surface area (Å²) >= 11 is 4.27. The van der Waals surface area contributed by atoms with E-state index in [9.17, 15) is 13.2 Å². The fourth-order valence-electron chi connectivity index (χ4n) is 1.59. The first-order chi connectivity index (χ1) is 8.88. The molecule has 0 aromatic heterocycles. The van der Waals surface area contributed by atoms with Crippen molar-refractivity contribution in [3.05, 3.63) is 35.9 Å². The van der Waals surface area contributed by atoms with Crippen molar-refractivity contribution < 1.29 is 13.2 Å². The largest absolute Gasteiger partial charge is 0.355 e. The molecule has 0 aliphatic heterocycles. The standard InChI is InChI=1S/C13H19NO3S2/c1-19(16,17)9-5-8-14-13(15)12(18)10-11-6-3-2-4-7-11/h2-4,6-7,12,18H,5,8-10H2,1H3,(H,14,15). The van der Waals surface area contributed by atoms with Crippen LogP contribution in [0.3, 0.4) is 0 Å². The van der Waals surface area contributed by atoms with Gasteiger partial charge in [0.25, 0.3) is 0 Å². The molecular weight excluding hydrogens is 282 g/mol. The Hall–Kier alpha value is -1.01. The minimum absolute atomic E-state index is 0.0865. The van der Waals surface area contributed by atoms with E-state index in [2.05, 4.69) is 17.9 Å². The Morgan fingerprint density at radius 2 is 1.95 bits per heavy atom. The Kier molecular flexibility index (Phi) is 6.37. The summed E-state index contributed by atoms with van der Waals surface area (Å²) in [6, 6.07) is 9.64. The minimum Gasteiger partial charge on any atom is -0.355 e. The molecule has 0 fully saturated rings. The van der Waals surface area contributed by atoms with E-state index in [4.69, 9.17) is 0 Å². The van der Waals surface area contributed by atoms with Gasteiger partial charge in [-0.2, -0.15) is 12.6 Å². The summed E-state index contributed by atoms with van der Waals surface area (Å²) < 4.78 is 21.8. The highest BCUT2D eigenvalue weighted by atomic mass is 32.2. The van der Waals surface area contributed by atoms with Gasteiger partial charge in [0.05, 0.1) is 11.0 Å². The van der Waals surface area contributed by atoms with Crippen molar-refractivity contribution in [3.63, 3.8) is 0 Å². The van der Waals surface area contributed by atoms with E-state index in [0.717, 1.165) is 5.56 Å². The smallest absolute Gasteiger partial charge is 0.233 e. The fourth-order valence-corrected chi connectivity index (χ4v) is 2.56. The summed E-state index contributed by atoms with van der Waals surface area (Å²) in [6.45, 7) is 0.359. The predicted octanol–water partition coefficient (Wildman–Crippen LogP) is 1.08. The molecule has 0 saturated carbocycles. The molecule has 4 nitrogen and oxygen atoms in total. The Labute approximate surface area is 119 Å².